The van der Waals surface area contributed by atoms with Crippen molar-refractivity contribution in [1.29, 1.82) is 0 Å². The smallest absolute Gasteiger partial charge is 0.151 e. The number of ether oxygens (including phenoxy) is 1. The zero-order valence-electron chi connectivity index (χ0n) is 8.88. The first kappa shape index (κ1) is 10.8. The number of anilines is 1. The fraction of sp³-hybridized carbons (Fsp3) is 0.0833. The molecule has 3 nitrogen and oxygen atoms in total. The van der Waals surface area contributed by atoms with Gasteiger partial charge in [0.25, 0.3) is 0 Å². The Kier molecular flexibility index (Phi) is 3.31. The minimum atomic E-state index is 0.750. The van der Waals surface area contributed by atoms with Crippen molar-refractivity contribution >= 4 is 17.4 Å². The number of nitrogen functional groups attached to an aromatic ring is 1. The van der Waals surface area contributed by atoms with Gasteiger partial charge in [-0.15, -0.1) is 0 Å². The highest BCUT2D eigenvalue weighted by molar-refractivity contribution is 7.99. The van der Waals surface area contributed by atoms with Gasteiger partial charge in [0, 0.05) is 16.8 Å². The van der Waals surface area contributed by atoms with E-state index in [1.165, 1.54) is 11.8 Å². The van der Waals surface area contributed by atoms with E-state index < -0.39 is 0 Å². The van der Waals surface area contributed by atoms with Gasteiger partial charge in [-0.3, -0.25) is 0 Å². The first-order valence-corrected chi connectivity index (χ1v) is 5.64. The summed E-state index contributed by atoms with van der Waals surface area (Å²) in [5, 5.41) is 0.822. The zero-order chi connectivity index (χ0) is 11.4. The second-order valence-corrected chi connectivity index (χ2v) is 4.18. The van der Waals surface area contributed by atoms with E-state index >= 15 is 0 Å². The van der Waals surface area contributed by atoms with Crippen LogP contribution in [0.4, 0.5) is 5.69 Å². The molecule has 16 heavy (non-hydrogen) atoms. The van der Waals surface area contributed by atoms with Gasteiger partial charge in [-0.25, -0.2) is 4.98 Å². The lowest BCUT2D eigenvalue weighted by atomic mass is 10.3. The first-order chi connectivity index (χ1) is 7.81. The second-order valence-electron chi connectivity index (χ2n) is 3.15. The van der Waals surface area contributed by atoms with Crippen molar-refractivity contribution in [2.75, 3.05) is 12.8 Å². The predicted octanol–water partition coefficient (Wildman–Crippen LogP) is 2.82. The molecule has 0 atom stereocenters. The SMILES string of the molecule is COc1cccnc1Sc1ccccc1N. The third-order valence-electron chi connectivity index (χ3n) is 2.08. The van der Waals surface area contributed by atoms with Gasteiger partial charge in [-0.1, -0.05) is 23.9 Å². The van der Waals surface area contributed by atoms with Crippen molar-refractivity contribution in [3.8, 4) is 5.75 Å². The maximum absolute atomic E-state index is 5.87. The largest absolute Gasteiger partial charge is 0.494 e. The summed E-state index contributed by atoms with van der Waals surface area (Å²) in [6.07, 6.45) is 1.74. The molecule has 2 N–H and O–H groups in total. The van der Waals surface area contributed by atoms with Crippen molar-refractivity contribution < 1.29 is 4.74 Å². The summed E-state index contributed by atoms with van der Waals surface area (Å²) >= 11 is 1.50. The highest BCUT2D eigenvalue weighted by Crippen LogP contribution is 2.35. The van der Waals surface area contributed by atoms with Crippen LogP contribution in [0.5, 0.6) is 5.75 Å². The van der Waals surface area contributed by atoms with Crippen LogP contribution in [0.25, 0.3) is 0 Å². The third kappa shape index (κ3) is 2.28. The fourth-order valence-corrected chi connectivity index (χ4v) is 2.19. The van der Waals surface area contributed by atoms with Gasteiger partial charge in [-0.2, -0.15) is 0 Å². The molecule has 0 aliphatic rings. The molecule has 0 unspecified atom stereocenters. The molecule has 0 bridgehead atoms. The number of benzene rings is 1. The lowest BCUT2D eigenvalue weighted by molar-refractivity contribution is 0.401. The minimum absolute atomic E-state index is 0.750. The van der Waals surface area contributed by atoms with E-state index in [1.54, 1.807) is 13.3 Å². The van der Waals surface area contributed by atoms with Crippen molar-refractivity contribution in [1.82, 2.24) is 4.98 Å². The molecule has 2 aromatic rings. The highest BCUT2D eigenvalue weighted by Gasteiger charge is 2.07. The summed E-state index contributed by atoms with van der Waals surface area (Å²) in [5.74, 6) is 0.760. The summed E-state index contributed by atoms with van der Waals surface area (Å²) in [5.41, 5.74) is 6.62. The van der Waals surface area contributed by atoms with Crippen LogP contribution in [0.2, 0.25) is 0 Å². The highest BCUT2D eigenvalue weighted by atomic mass is 32.2. The summed E-state index contributed by atoms with van der Waals surface area (Å²) in [6.45, 7) is 0. The van der Waals surface area contributed by atoms with Crippen molar-refractivity contribution in [3.63, 3.8) is 0 Å². The molecule has 0 saturated heterocycles. The Morgan fingerprint density at radius 3 is 2.75 bits per heavy atom. The number of para-hydroxylation sites is 1. The topological polar surface area (TPSA) is 48.1 Å². The van der Waals surface area contributed by atoms with Crippen molar-refractivity contribution in [2.24, 2.45) is 0 Å². The van der Waals surface area contributed by atoms with Crippen LogP contribution in [-0.2, 0) is 0 Å². The van der Waals surface area contributed by atoms with E-state index in [4.69, 9.17) is 10.5 Å². The molecule has 1 aromatic heterocycles. The lowest BCUT2D eigenvalue weighted by Gasteiger charge is -2.07. The number of nitrogens with zero attached hydrogens (tertiary/aromatic N) is 1. The molecule has 1 aromatic carbocycles. The molecule has 2 rings (SSSR count). The van der Waals surface area contributed by atoms with Crippen LogP contribution >= 0.6 is 11.8 Å². The van der Waals surface area contributed by atoms with E-state index in [0.717, 1.165) is 21.4 Å². The van der Waals surface area contributed by atoms with Crippen LogP contribution < -0.4 is 10.5 Å². The first-order valence-electron chi connectivity index (χ1n) is 4.82. The summed E-state index contributed by atoms with van der Waals surface area (Å²) in [7, 11) is 1.63. The molecule has 4 heteroatoms. The van der Waals surface area contributed by atoms with E-state index in [2.05, 4.69) is 4.98 Å². The quantitative estimate of drug-likeness (QED) is 0.827. The lowest BCUT2D eigenvalue weighted by Crippen LogP contribution is -1.91. The summed E-state index contributed by atoms with van der Waals surface area (Å²) in [6, 6.07) is 11.4. The van der Waals surface area contributed by atoms with Gasteiger partial charge in [0.05, 0.1) is 7.11 Å². The number of rotatable bonds is 3. The molecule has 0 fully saturated rings. The Balaban J connectivity index is 2.30. The standard InChI is InChI=1S/C12H12N2OS/c1-15-10-6-4-8-14-12(10)16-11-7-3-2-5-9(11)13/h2-8H,13H2,1H3. The molecule has 1 heterocycles. The Bertz CT molecular complexity index is 488. The summed E-state index contributed by atoms with van der Waals surface area (Å²) in [4.78, 5) is 5.25. The number of nitrogens with two attached hydrogens (primary N) is 1. The Labute approximate surface area is 98.6 Å². The van der Waals surface area contributed by atoms with Gasteiger partial charge >= 0.3 is 0 Å². The Morgan fingerprint density at radius 2 is 2.00 bits per heavy atom. The number of hydrogen-bond donors (Lipinski definition) is 1. The average molecular weight is 232 g/mol. The average Bonchev–Trinajstić information content (AvgIpc) is 2.33. The van der Waals surface area contributed by atoms with E-state index in [9.17, 15) is 0 Å². The number of methoxy groups -OCH3 is 1. The monoisotopic (exact) mass is 232 g/mol. The van der Waals surface area contributed by atoms with Crippen molar-refractivity contribution in [3.05, 3.63) is 42.6 Å². The predicted molar refractivity (Wildman–Crippen MR) is 65.8 cm³/mol. The molecular weight excluding hydrogens is 220 g/mol. The van der Waals surface area contributed by atoms with Gasteiger partial charge in [0.15, 0.2) is 5.75 Å². The van der Waals surface area contributed by atoms with Gasteiger partial charge in [0.1, 0.15) is 5.03 Å². The summed E-state index contributed by atoms with van der Waals surface area (Å²) < 4.78 is 5.23. The molecular formula is C12H12N2OS. The van der Waals surface area contributed by atoms with Gasteiger partial charge in [0.2, 0.25) is 0 Å². The number of aromatic nitrogens is 1. The van der Waals surface area contributed by atoms with Crippen LogP contribution in [0.15, 0.2) is 52.5 Å². The molecule has 82 valence electrons. The third-order valence-corrected chi connectivity index (χ3v) is 3.17. The second kappa shape index (κ2) is 4.90. The Morgan fingerprint density at radius 1 is 1.19 bits per heavy atom. The molecule has 0 aliphatic heterocycles. The van der Waals surface area contributed by atoms with E-state index in [0.29, 0.717) is 0 Å². The zero-order valence-corrected chi connectivity index (χ0v) is 9.70. The molecule has 0 amide bonds. The van der Waals surface area contributed by atoms with Gasteiger partial charge < -0.3 is 10.5 Å². The fourth-order valence-electron chi connectivity index (χ4n) is 1.29. The molecule has 0 radical (unpaired) electrons. The maximum atomic E-state index is 5.87. The van der Waals surface area contributed by atoms with Crippen molar-refractivity contribution in [2.45, 2.75) is 9.92 Å². The van der Waals surface area contributed by atoms with Crippen LogP contribution in [-0.4, -0.2) is 12.1 Å². The van der Waals surface area contributed by atoms with Crippen LogP contribution in [0, 0.1) is 0 Å². The van der Waals surface area contributed by atoms with E-state index in [-0.39, 0.29) is 0 Å². The molecule has 0 saturated carbocycles. The van der Waals surface area contributed by atoms with Crippen LogP contribution in [0.3, 0.4) is 0 Å². The Hall–Kier alpha value is -1.68. The molecule has 0 spiro atoms. The van der Waals surface area contributed by atoms with Crippen LogP contribution in [0.1, 0.15) is 0 Å². The number of pyridine rings is 1. The minimum Gasteiger partial charge on any atom is -0.494 e. The van der Waals surface area contributed by atoms with Gasteiger partial charge in [-0.05, 0) is 24.3 Å². The van der Waals surface area contributed by atoms with E-state index in [1.807, 2.05) is 36.4 Å². The maximum Gasteiger partial charge on any atom is 0.151 e. The molecule has 0 aliphatic carbocycles. The number of hydrogen-bond acceptors (Lipinski definition) is 4. The normalized spacial score (nSPS) is 10.1.